The van der Waals surface area contributed by atoms with Gasteiger partial charge in [0.25, 0.3) is 0 Å². The van der Waals surface area contributed by atoms with Crippen LogP contribution in [0.25, 0.3) is 0 Å². The molecule has 2 aromatic rings. The van der Waals surface area contributed by atoms with Crippen LogP contribution in [0.1, 0.15) is 29.2 Å². The maximum atomic E-state index is 6.27. The summed E-state index contributed by atoms with van der Waals surface area (Å²) in [6.45, 7) is 5.18. The SMILES string of the molecule is Cc1ccc(N(C)CCC(N)c2cccc(Cl)c2)c(C)c1. The number of rotatable bonds is 5. The predicted molar refractivity (Wildman–Crippen MR) is 92.2 cm³/mol. The Morgan fingerprint density at radius 2 is 1.90 bits per heavy atom. The van der Waals surface area contributed by atoms with E-state index in [9.17, 15) is 0 Å². The van der Waals surface area contributed by atoms with Crippen molar-refractivity contribution in [1.82, 2.24) is 0 Å². The van der Waals surface area contributed by atoms with Crippen LogP contribution in [0.5, 0.6) is 0 Å². The smallest absolute Gasteiger partial charge is 0.0409 e. The summed E-state index contributed by atoms with van der Waals surface area (Å²) in [5.41, 5.74) is 11.2. The van der Waals surface area contributed by atoms with Crippen LogP contribution >= 0.6 is 11.6 Å². The molecule has 1 unspecified atom stereocenters. The highest BCUT2D eigenvalue weighted by Crippen LogP contribution is 2.23. The van der Waals surface area contributed by atoms with Crippen molar-refractivity contribution >= 4 is 17.3 Å². The zero-order valence-corrected chi connectivity index (χ0v) is 13.7. The summed E-state index contributed by atoms with van der Waals surface area (Å²) >= 11 is 6.02. The third kappa shape index (κ3) is 4.23. The van der Waals surface area contributed by atoms with E-state index in [2.05, 4.69) is 44.0 Å². The molecule has 0 heterocycles. The molecular weight excluding hydrogens is 280 g/mol. The summed E-state index contributed by atoms with van der Waals surface area (Å²) in [6.07, 6.45) is 0.893. The van der Waals surface area contributed by atoms with Crippen molar-refractivity contribution in [2.24, 2.45) is 5.73 Å². The van der Waals surface area contributed by atoms with Gasteiger partial charge in [0.15, 0.2) is 0 Å². The Bertz CT molecular complexity index is 610. The van der Waals surface area contributed by atoms with Crippen molar-refractivity contribution in [3.8, 4) is 0 Å². The lowest BCUT2D eigenvalue weighted by molar-refractivity contribution is 0.645. The summed E-state index contributed by atoms with van der Waals surface area (Å²) in [4.78, 5) is 2.26. The summed E-state index contributed by atoms with van der Waals surface area (Å²) in [7, 11) is 2.11. The van der Waals surface area contributed by atoms with Gasteiger partial charge < -0.3 is 10.6 Å². The van der Waals surface area contributed by atoms with Gasteiger partial charge in [0.05, 0.1) is 0 Å². The van der Waals surface area contributed by atoms with Crippen molar-refractivity contribution in [2.45, 2.75) is 26.3 Å². The molecular formula is C18H23ClN2. The topological polar surface area (TPSA) is 29.3 Å². The highest BCUT2D eigenvalue weighted by atomic mass is 35.5. The first-order valence-corrected chi connectivity index (χ1v) is 7.64. The normalized spacial score (nSPS) is 12.2. The zero-order valence-electron chi connectivity index (χ0n) is 12.9. The van der Waals surface area contributed by atoms with Crippen LogP contribution in [-0.2, 0) is 0 Å². The van der Waals surface area contributed by atoms with E-state index in [0.29, 0.717) is 0 Å². The Morgan fingerprint density at radius 3 is 2.57 bits per heavy atom. The molecule has 0 aromatic heterocycles. The molecule has 0 radical (unpaired) electrons. The monoisotopic (exact) mass is 302 g/mol. The Balaban J connectivity index is 1.99. The van der Waals surface area contributed by atoms with Crippen LogP contribution in [0, 0.1) is 13.8 Å². The average molecular weight is 303 g/mol. The van der Waals surface area contributed by atoms with Gasteiger partial charge >= 0.3 is 0 Å². The van der Waals surface area contributed by atoms with Gasteiger partial charge in [-0.15, -0.1) is 0 Å². The molecule has 0 amide bonds. The molecule has 0 aliphatic heterocycles. The van der Waals surface area contributed by atoms with Gasteiger partial charge in [0.2, 0.25) is 0 Å². The standard InChI is InChI=1S/C18H23ClN2/c1-13-7-8-18(14(2)11-13)21(3)10-9-17(20)15-5-4-6-16(19)12-15/h4-8,11-12,17H,9-10,20H2,1-3H3. The molecule has 0 aliphatic rings. The molecule has 2 rings (SSSR count). The third-order valence-electron chi connectivity index (χ3n) is 3.82. The van der Waals surface area contributed by atoms with Crippen LogP contribution in [0.3, 0.4) is 0 Å². The predicted octanol–water partition coefficient (Wildman–Crippen LogP) is 4.48. The lowest BCUT2D eigenvalue weighted by Gasteiger charge is -2.23. The van der Waals surface area contributed by atoms with Crippen LogP contribution in [0.4, 0.5) is 5.69 Å². The summed E-state index contributed by atoms with van der Waals surface area (Å²) in [5.74, 6) is 0. The number of benzene rings is 2. The minimum Gasteiger partial charge on any atom is -0.374 e. The molecule has 2 nitrogen and oxygen atoms in total. The van der Waals surface area contributed by atoms with E-state index in [4.69, 9.17) is 17.3 Å². The first kappa shape index (κ1) is 15.9. The second-order valence-corrected chi connectivity index (χ2v) is 6.10. The number of nitrogens with zero attached hydrogens (tertiary/aromatic N) is 1. The number of hydrogen-bond donors (Lipinski definition) is 1. The van der Waals surface area contributed by atoms with Crippen LogP contribution in [-0.4, -0.2) is 13.6 Å². The van der Waals surface area contributed by atoms with Crippen molar-refractivity contribution in [2.75, 3.05) is 18.5 Å². The number of halogens is 1. The second-order valence-electron chi connectivity index (χ2n) is 5.66. The molecule has 0 saturated carbocycles. The molecule has 0 spiro atoms. The number of nitrogens with two attached hydrogens (primary N) is 1. The Kier molecular flexibility index (Phi) is 5.27. The molecule has 2 N–H and O–H groups in total. The number of hydrogen-bond acceptors (Lipinski definition) is 2. The molecule has 0 fully saturated rings. The van der Waals surface area contributed by atoms with E-state index in [0.717, 1.165) is 23.6 Å². The van der Waals surface area contributed by atoms with Gasteiger partial charge in [-0.05, 0) is 49.6 Å². The van der Waals surface area contributed by atoms with Crippen molar-refractivity contribution in [3.63, 3.8) is 0 Å². The fraction of sp³-hybridized carbons (Fsp3) is 0.333. The van der Waals surface area contributed by atoms with E-state index in [1.807, 2.05) is 24.3 Å². The van der Waals surface area contributed by atoms with Gasteiger partial charge in [0, 0.05) is 30.3 Å². The van der Waals surface area contributed by atoms with E-state index in [1.54, 1.807) is 0 Å². The quantitative estimate of drug-likeness (QED) is 0.882. The second kappa shape index (κ2) is 6.97. The molecule has 2 aromatic carbocycles. The minimum absolute atomic E-state index is 0.0110. The molecule has 0 saturated heterocycles. The van der Waals surface area contributed by atoms with Crippen LogP contribution < -0.4 is 10.6 Å². The van der Waals surface area contributed by atoms with Crippen molar-refractivity contribution < 1.29 is 0 Å². The maximum Gasteiger partial charge on any atom is 0.0409 e. The molecule has 21 heavy (non-hydrogen) atoms. The van der Waals surface area contributed by atoms with Gasteiger partial charge in [0.1, 0.15) is 0 Å². The maximum absolute atomic E-state index is 6.27. The van der Waals surface area contributed by atoms with Gasteiger partial charge in [-0.2, -0.15) is 0 Å². The first-order chi connectivity index (χ1) is 9.97. The highest BCUT2D eigenvalue weighted by Gasteiger charge is 2.10. The molecule has 3 heteroatoms. The van der Waals surface area contributed by atoms with Crippen LogP contribution in [0.2, 0.25) is 5.02 Å². The molecule has 1 atom stereocenters. The molecule has 112 valence electrons. The third-order valence-corrected chi connectivity index (χ3v) is 4.05. The Hall–Kier alpha value is -1.51. The molecule has 0 bridgehead atoms. The van der Waals surface area contributed by atoms with Crippen molar-refractivity contribution in [3.05, 3.63) is 64.2 Å². The number of anilines is 1. The lowest BCUT2D eigenvalue weighted by Crippen LogP contribution is -2.24. The summed E-state index contributed by atoms with van der Waals surface area (Å²) in [6, 6.07) is 14.4. The minimum atomic E-state index is 0.0110. The van der Waals surface area contributed by atoms with E-state index in [1.165, 1.54) is 16.8 Å². The Labute approximate surface area is 132 Å². The average Bonchev–Trinajstić information content (AvgIpc) is 2.44. The van der Waals surface area contributed by atoms with Crippen molar-refractivity contribution in [1.29, 1.82) is 0 Å². The largest absolute Gasteiger partial charge is 0.374 e. The van der Waals surface area contributed by atoms with Gasteiger partial charge in [-0.25, -0.2) is 0 Å². The van der Waals surface area contributed by atoms with Gasteiger partial charge in [-0.3, -0.25) is 0 Å². The first-order valence-electron chi connectivity index (χ1n) is 7.27. The lowest BCUT2D eigenvalue weighted by atomic mass is 10.0. The number of aryl methyl sites for hydroxylation is 2. The van der Waals surface area contributed by atoms with Gasteiger partial charge in [-0.1, -0.05) is 41.4 Å². The van der Waals surface area contributed by atoms with E-state index < -0.39 is 0 Å². The fourth-order valence-electron chi connectivity index (χ4n) is 2.59. The van der Waals surface area contributed by atoms with E-state index >= 15 is 0 Å². The zero-order chi connectivity index (χ0) is 15.4. The Morgan fingerprint density at radius 1 is 1.14 bits per heavy atom. The van der Waals surface area contributed by atoms with Crippen LogP contribution in [0.15, 0.2) is 42.5 Å². The highest BCUT2D eigenvalue weighted by molar-refractivity contribution is 6.30. The summed E-state index contributed by atoms with van der Waals surface area (Å²) < 4.78 is 0. The fourth-order valence-corrected chi connectivity index (χ4v) is 2.79. The summed E-state index contributed by atoms with van der Waals surface area (Å²) in [5, 5.41) is 0.741. The molecule has 0 aliphatic carbocycles. The van der Waals surface area contributed by atoms with E-state index in [-0.39, 0.29) is 6.04 Å².